The SMILES string of the molecule is C=CCn1c(SCC(=O)Nc2sccc2C#N)nnc1-c1cc(OC)c(OC)c(OC)c1. The topological polar surface area (TPSA) is 111 Å². The normalized spacial score (nSPS) is 10.3. The highest BCUT2D eigenvalue weighted by Gasteiger charge is 2.20. The molecule has 0 saturated carbocycles. The van der Waals surface area contributed by atoms with Gasteiger partial charge in [-0.1, -0.05) is 17.8 Å². The second-order valence-electron chi connectivity index (χ2n) is 6.23. The number of aromatic nitrogens is 3. The van der Waals surface area contributed by atoms with Gasteiger partial charge in [-0.2, -0.15) is 5.26 Å². The van der Waals surface area contributed by atoms with Gasteiger partial charge in [-0.25, -0.2) is 0 Å². The van der Waals surface area contributed by atoms with E-state index in [1.165, 1.54) is 30.2 Å². The average Bonchev–Trinajstić information content (AvgIpc) is 3.43. The molecular formula is C21H21N5O4S2. The molecule has 2 heterocycles. The van der Waals surface area contributed by atoms with E-state index in [1.807, 2.05) is 4.57 Å². The van der Waals surface area contributed by atoms with Gasteiger partial charge in [-0.3, -0.25) is 9.36 Å². The number of carbonyl (C=O) groups is 1. The second-order valence-corrected chi connectivity index (χ2v) is 8.09. The van der Waals surface area contributed by atoms with Crippen LogP contribution in [0.25, 0.3) is 11.4 Å². The second kappa shape index (κ2) is 10.7. The first-order chi connectivity index (χ1) is 15.6. The first-order valence-corrected chi connectivity index (χ1v) is 11.2. The molecule has 0 aliphatic heterocycles. The summed E-state index contributed by atoms with van der Waals surface area (Å²) in [6.45, 7) is 4.24. The van der Waals surface area contributed by atoms with E-state index in [0.717, 1.165) is 0 Å². The van der Waals surface area contributed by atoms with Crippen LogP contribution in [-0.2, 0) is 11.3 Å². The van der Waals surface area contributed by atoms with Gasteiger partial charge in [0.15, 0.2) is 22.5 Å². The van der Waals surface area contributed by atoms with Gasteiger partial charge in [0.05, 0.1) is 32.6 Å². The van der Waals surface area contributed by atoms with Gasteiger partial charge in [0.25, 0.3) is 0 Å². The predicted molar refractivity (Wildman–Crippen MR) is 124 cm³/mol. The molecule has 1 aromatic carbocycles. The van der Waals surface area contributed by atoms with Gasteiger partial charge in [-0.05, 0) is 23.6 Å². The number of allylic oxidation sites excluding steroid dienone is 1. The zero-order chi connectivity index (χ0) is 23.1. The lowest BCUT2D eigenvalue weighted by atomic mass is 10.1. The number of hydrogen-bond donors (Lipinski definition) is 1. The number of hydrogen-bond acceptors (Lipinski definition) is 9. The highest BCUT2D eigenvalue weighted by atomic mass is 32.2. The maximum atomic E-state index is 12.4. The molecule has 166 valence electrons. The van der Waals surface area contributed by atoms with Gasteiger partial charge in [0.2, 0.25) is 11.7 Å². The number of ether oxygens (including phenoxy) is 3. The monoisotopic (exact) mass is 471 g/mol. The third-order valence-corrected chi connectivity index (χ3v) is 6.12. The predicted octanol–water partition coefficient (Wildman–Crippen LogP) is 3.82. The van der Waals surface area contributed by atoms with Crippen molar-refractivity contribution in [2.24, 2.45) is 0 Å². The van der Waals surface area contributed by atoms with E-state index in [2.05, 4.69) is 28.2 Å². The van der Waals surface area contributed by atoms with Crippen molar-refractivity contribution in [3.63, 3.8) is 0 Å². The van der Waals surface area contributed by atoms with Crippen LogP contribution in [0.2, 0.25) is 0 Å². The summed E-state index contributed by atoms with van der Waals surface area (Å²) < 4.78 is 18.1. The summed E-state index contributed by atoms with van der Waals surface area (Å²) in [4.78, 5) is 12.4. The number of nitrogens with zero attached hydrogens (tertiary/aromatic N) is 4. The van der Waals surface area contributed by atoms with Crippen LogP contribution < -0.4 is 19.5 Å². The molecule has 1 N–H and O–H groups in total. The number of methoxy groups -OCH3 is 3. The number of rotatable bonds is 10. The Hall–Kier alpha value is -3.49. The number of nitriles is 1. The van der Waals surface area contributed by atoms with Gasteiger partial charge in [-0.15, -0.1) is 28.1 Å². The summed E-state index contributed by atoms with van der Waals surface area (Å²) in [5, 5.41) is 23.2. The number of nitrogens with one attached hydrogen (secondary N) is 1. The molecule has 0 atom stereocenters. The summed E-state index contributed by atoms with van der Waals surface area (Å²) in [7, 11) is 4.62. The van der Waals surface area contributed by atoms with Crippen LogP contribution in [-0.4, -0.2) is 47.8 Å². The molecule has 2 aromatic heterocycles. The Morgan fingerprint density at radius 1 is 1.28 bits per heavy atom. The van der Waals surface area contributed by atoms with Crippen molar-refractivity contribution in [1.82, 2.24) is 14.8 Å². The lowest BCUT2D eigenvalue weighted by molar-refractivity contribution is -0.113. The maximum absolute atomic E-state index is 12.4. The van der Waals surface area contributed by atoms with Crippen LogP contribution in [0.15, 0.2) is 41.4 Å². The maximum Gasteiger partial charge on any atom is 0.235 e. The average molecular weight is 472 g/mol. The van der Waals surface area contributed by atoms with Crippen molar-refractivity contribution in [1.29, 1.82) is 5.26 Å². The molecule has 0 bridgehead atoms. The van der Waals surface area contributed by atoms with Gasteiger partial charge in [0.1, 0.15) is 11.1 Å². The van der Waals surface area contributed by atoms with E-state index in [-0.39, 0.29) is 11.7 Å². The number of amides is 1. The number of thiophene rings is 1. The molecule has 0 aliphatic rings. The number of carbonyl (C=O) groups excluding carboxylic acids is 1. The standard InChI is InChI=1S/C21H21N5O4S2/c1-5-7-26-19(14-9-15(28-2)18(30-4)16(10-14)29-3)24-25-21(26)32-12-17(27)23-20-13(11-22)6-8-31-20/h5-6,8-10H,1,7,12H2,2-4H3,(H,23,27). The third kappa shape index (κ3) is 4.87. The molecule has 3 rings (SSSR count). The van der Waals surface area contributed by atoms with Crippen molar-refractivity contribution in [3.05, 3.63) is 41.8 Å². The van der Waals surface area contributed by atoms with Crippen LogP contribution in [0.1, 0.15) is 5.56 Å². The zero-order valence-corrected chi connectivity index (χ0v) is 19.4. The first-order valence-electron chi connectivity index (χ1n) is 9.30. The molecule has 0 spiro atoms. The van der Waals surface area contributed by atoms with Crippen LogP contribution in [0, 0.1) is 11.3 Å². The van der Waals surface area contributed by atoms with Crippen molar-refractivity contribution in [2.75, 3.05) is 32.4 Å². The number of thioether (sulfide) groups is 1. The Morgan fingerprint density at radius 2 is 2.00 bits per heavy atom. The van der Waals surface area contributed by atoms with E-state index in [9.17, 15) is 4.79 Å². The first kappa shape index (κ1) is 23.2. The van der Waals surface area contributed by atoms with Crippen molar-refractivity contribution in [3.8, 4) is 34.7 Å². The highest BCUT2D eigenvalue weighted by molar-refractivity contribution is 7.99. The fraction of sp³-hybridized carbons (Fsp3) is 0.238. The van der Waals surface area contributed by atoms with Gasteiger partial charge in [0, 0.05) is 12.1 Å². The Balaban J connectivity index is 1.85. The van der Waals surface area contributed by atoms with Gasteiger partial charge >= 0.3 is 0 Å². The van der Waals surface area contributed by atoms with Crippen molar-refractivity contribution in [2.45, 2.75) is 11.7 Å². The minimum Gasteiger partial charge on any atom is -0.493 e. The molecule has 0 aliphatic carbocycles. The van der Waals surface area contributed by atoms with E-state index in [4.69, 9.17) is 19.5 Å². The summed E-state index contributed by atoms with van der Waals surface area (Å²) in [6.07, 6.45) is 1.72. The minimum absolute atomic E-state index is 0.104. The lowest BCUT2D eigenvalue weighted by Crippen LogP contribution is -2.14. The van der Waals surface area contributed by atoms with Crippen LogP contribution >= 0.6 is 23.1 Å². The smallest absolute Gasteiger partial charge is 0.235 e. The van der Waals surface area contributed by atoms with Crippen molar-refractivity contribution >= 4 is 34.0 Å². The Bertz CT molecular complexity index is 1140. The fourth-order valence-corrected chi connectivity index (χ4v) is 4.40. The van der Waals surface area contributed by atoms with E-state index in [1.54, 1.807) is 43.9 Å². The third-order valence-electron chi connectivity index (χ3n) is 4.32. The van der Waals surface area contributed by atoms with Crippen LogP contribution in [0.3, 0.4) is 0 Å². The van der Waals surface area contributed by atoms with Gasteiger partial charge < -0.3 is 19.5 Å². The molecule has 0 saturated heterocycles. The van der Waals surface area contributed by atoms with E-state index in [0.29, 0.717) is 50.9 Å². The molecular weight excluding hydrogens is 450 g/mol. The summed E-state index contributed by atoms with van der Waals surface area (Å²) in [5.74, 6) is 1.90. The molecule has 0 unspecified atom stereocenters. The molecule has 9 nitrogen and oxygen atoms in total. The molecule has 32 heavy (non-hydrogen) atoms. The van der Waals surface area contributed by atoms with Crippen molar-refractivity contribution < 1.29 is 19.0 Å². The zero-order valence-electron chi connectivity index (χ0n) is 17.7. The van der Waals surface area contributed by atoms with E-state index < -0.39 is 0 Å². The largest absolute Gasteiger partial charge is 0.493 e. The van der Waals surface area contributed by atoms with Crippen LogP contribution in [0.4, 0.5) is 5.00 Å². The van der Waals surface area contributed by atoms with Crippen LogP contribution in [0.5, 0.6) is 17.2 Å². The quantitative estimate of drug-likeness (QED) is 0.351. The van der Waals surface area contributed by atoms with E-state index >= 15 is 0 Å². The number of anilines is 1. The number of benzene rings is 1. The summed E-state index contributed by atoms with van der Waals surface area (Å²) in [6, 6.07) is 7.28. The molecule has 0 fully saturated rings. The molecule has 0 radical (unpaired) electrons. The summed E-state index contributed by atoms with van der Waals surface area (Å²) >= 11 is 2.54. The molecule has 1 amide bonds. The Morgan fingerprint density at radius 3 is 2.59 bits per heavy atom. The molecule has 3 aromatic rings. The molecule has 11 heteroatoms. The Labute approximate surface area is 193 Å². The Kier molecular flexibility index (Phi) is 7.75. The fourth-order valence-electron chi connectivity index (χ4n) is 2.90. The minimum atomic E-state index is -0.239. The highest BCUT2D eigenvalue weighted by Crippen LogP contribution is 2.41. The lowest BCUT2D eigenvalue weighted by Gasteiger charge is -2.14. The summed E-state index contributed by atoms with van der Waals surface area (Å²) in [5.41, 5.74) is 1.15.